The van der Waals surface area contributed by atoms with Crippen molar-refractivity contribution < 1.29 is 17.9 Å². The quantitative estimate of drug-likeness (QED) is 0.537. The van der Waals surface area contributed by atoms with Gasteiger partial charge in [-0.05, 0) is 94.6 Å². The largest absolute Gasteiger partial charge is 0.481 e. The molecule has 0 spiro atoms. The zero-order chi connectivity index (χ0) is 24.3. The fraction of sp³-hybridized carbons (Fsp3) is 0.292. The summed E-state index contributed by atoms with van der Waals surface area (Å²) in [6, 6.07) is 11.6. The Bertz CT molecular complexity index is 1270. The van der Waals surface area contributed by atoms with Gasteiger partial charge >= 0.3 is 0 Å². The standard InChI is InChI=1S/C24H28N4O4S/c1-14-11-15(2)18(5)22(12-14)32-19(6)23(29)27-20-7-9-21(10-8-20)33(30,31)28-24-25-16(3)13-17(4)26-24/h7-13,19H,1-6H3,(H,27,29)(H,25,26,28)/t19-/m1/s1. The van der Waals surface area contributed by atoms with E-state index in [1.54, 1.807) is 26.8 Å². The summed E-state index contributed by atoms with van der Waals surface area (Å²) in [4.78, 5) is 20.8. The molecule has 1 amide bonds. The average Bonchev–Trinajstić information content (AvgIpc) is 2.70. The highest BCUT2D eigenvalue weighted by Crippen LogP contribution is 2.25. The lowest BCUT2D eigenvalue weighted by Gasteiger charge is -2.18. The normalized spacial score (nSPS) is 12.2. The Balaban J connectivity index is 1.68. The van der Waals surface area contributed by atoms with Crippen LogP contribution in [0.1, 0.15) is 35.0 Å². The Labute approximate surface area is 194 Å². The van der Waals surface area contributed by atoms with Gasteiger partial charge < -0.3 is 10.1 Å². The number of aryl methyl sites for hydroxylation is 4. The molecule has 0 saturated heterocycles. The predicted molar refractivity (Wildman–Crippen MR) is 128 cm³/mol. The number of hydrogen-bond donors (Lipinski definition) is 2. The average molecular weight is 469 g/mol. The van der Waals surface area contributed by atoms with Crippen molar-refractivity contribution in [3.8, 4) is 5.75 Å². The monoisotopic (exact) mass is 468 g/mol. The highest BCUT2D eigenvalue weighted by molar-refractivity contribution is 7.92. The molecule has 0 aliphatic heterocycles. The van der Waals surface area contributed by atoms with Crippen molar-refractivity contribution >= 4 is 27.6 Å². The first-order valence-electron chi connectivity index (χ1n) is 10.4. The first-order valence-corrected chi connectivity index (χ1v) is 11.9. The van der Waals surface area contributed by atoms with Crippen LogP contribution in [0.25, 0.3) is 0 Å². The van der Waals surface area contributed by atoms with Crippen LogP contribution >= 0.6 is 0 Å². The molecule has 2 aromatic carbocycles. The van der Waals surface area contributed by atoms with Gasteiger partial charge in [-0.2, -0.15) is 0 Å². The van der Waals surface area contributed by atoms with Crippen molar-refractivity contribution in [3.05, 3.63) is 70.5 Å². The maximum absolute atomic E-state index is 12.7. The molecule has 1 aromatic heterocycles. The van der Waals surface area contributed by atoms with Crippen molar-refractivity contribution in [1.29, 1.82) is 0 Å². The molecule has 8 nitrogen and oxygen atoms in total. The summed E-state index contributed by atoms with van der Waals surface area (Å²) in [6.07, 6.45) is -0.739. The maximum Gasteiger partial charge on any atom is 0.265 e. The molecule has 1 heterocycles. The summed E-state index contributed by atoms with van der Waals surface area (Å²) >= 11 is 0. The van der Waals surface area contributed by atoms with Crippen LogP contribution in [-0.2, 0) is 14.8 Å². The minimum atomic E-state index is -3.87. The highest BCUT2D eigenvalue weighted by atomic mass is 32.2. The summed E-state index contributed by atoms with van der Waals surface area (Å²) in [5.41, 5.74) is 4.90. The van der Waals surface area contributed by atoms with Gasteiger partial charge in [-0.15, -0.1) is 0 Å². The van der Waals surface area contributed by atoms with Crippen molar-refractivity contribution in [2.75, 3.05) is 10.0 Å². The first kappa shape index (κ1) is 24.2. The number of rotatable bonds is 7. The molecule has 0 radical (unpaired) electrons. The minimum absolute atomic E-state index is 0.0116. The number of benzene rings is 2. The Morgan fingerprint density at radius 1 is 0.939 bits per heavy atom. The molecule has 0 fully saturated rings. The van der Waals surface area contributed by atoms with E-state index in [2.05, 4.69) is 26.1 Å². The molecule has 3 aromatic rings. The SMILES string of the molecule is Cc1cc(C)c(C)c(O[C@H](C)C(=O)Nc2ccc(S(=O)(=O)Nc3nc(C)cc(C)n3)cc2)c1. The molecule has 3 rings (SSSR count). The molecule has 0 saturated carbocycles. The number of carbonyl (C=O) groups is 1. The van der Waals surface area contributed by atoms with Gasteiger partial charge in [-0.1, -0.05) is 6.07 Å². The Hall–Kier alpha value is -3.46. The van der Waals surface area contributed by atoms with Crippen molar-refractivity contribution in [3.63, 3.8) is 0 Å². The number of nitrogens with zero attached hydrogens (tertiary/aromatic N) is 2. The van der Waals surface area contributed by atoms with Gasteiger partial charge in [0.2, 0.25) is 5.95 Å². The number of carbonyl (C=O) groups excluding carboxylic acids is 1. The summed E-state index contributed by atoms with van der Waals surface area (Å²) < 4.78 is 33.6. The van der Waals surface area contributed by atoms with Crippen molar-refractivity contribution in [1.82, 2.24) is 9.97 Å². The number of hydrogen-bond acceptors (Lipinski definition) is 6. The third-order valence-electron chi connectivity index (χ3n) is 5.08. The molecule has 0 unspecified atom stereocenters. The molecule has 33 heavy (non-hydrogen) atoms. The second kappa shape index (κ2) is 9.58. The molecule has 0 aliphatic rings. The number of amides is 1. The maximum atomic E-state index is 12.7. The highest BCUT2D eigenvalue weighted by Gasteiger charge is 2.19. The first-order chi connectivity index (χ1) is 15.4. The predicted octanol–water partition coefficient (Wildman–Crippen LogP) is 4.23. The van der Waals surface area contributed by atoms with Gasteiger partial charge in [-0.25, -0.2) is 23.1 Å². The topological polar surface area (TPSA) is 110 Å². The molecule has 0 aliphatic carbocycles. The molecule has 174 valence electrons. The number of ether oxygens (including phenoxy) is 1. The second-order valence-electron chi connectivity index (χ2n) is 8.06. The van der Waals surface area contributed by atoms with Crippen molar-refractivity contribution in [2.24, 2.45) is 0 Å². The number of anilines is 2. The van der Waals surface area contributed by atoms with Crippen LogP contribution in [0.2, 0.25) is 0 Å². The van der Waals surface area contributed by atoms with E-state index in [-0.39, 0.29) is 16.8 Å². The van der Waals surface area contributed by atoms with Crippen LogP contribution in [0.15, 0.2) is 47.4 Å². The molecular formula is C24H28N4O4S. The Morgan fingerprint density at radius 3 is 2.15 bits per heavy atom. The minimum Gasteiger partial charge on any atom is -0.481 e. The van der Waals surface area contributed by atoms with Crippen LogP contribution in [0.3, 0.4) is 0 Å². The number of aromatic nitrogens is 2. The summed E-state index contributed by atoms with van der Waals surface area (Å²) in [7, 11) is -3.87. The van der Waals surface area contributed by atoms with E-state index in [9.17, 15) is 13.2 Å². The van der Waals surface area contributed by atoms with E-state index < -0.39 is 16.1 Å². The number of sulfonamides is 1. The third-order valence-corrected chi connectivity index (χ3v) is 6.42. The smallest absolute Gasteiger partial charge is 0.265 e. The lowest BCUT2D eigenvalue weighted by molar-refractivity contribution is -0.122. The second-order valence-corrected chi connectivity index (χ2v) is 9.74. The molecule has 9 heteroatoms. The molecule has 0 bridgehead atoms. The van der Waals surface area contributed by atoms with Gasteiger partial charge in [0.05, 0.1) is 4.90 Å². The van der Waals surface area contributed by atoms with E-state index in [0.717, 1.165) is 16.7 Å². The van der Waals surface area contributed by atoms with E-state index in [1.165, 1.54) is 24.3 Å². The zero-order valence-electron chi connectivity index (χ0n) is 19.6. The van der Waals surface area contributed by atoms with Crippen LogP contribution in [0.5, 0.6) is 5.75 Å². The van der Waals surface area contributed by atoms with Gasteiger partial charge in [0.15, 0.2) is 6.10 Å². The summed E-state index contributed by atoms with van der Waals surface area (Å²) in [5, 5.41) is 2.75. The lowest BCUT2D eigenvalue weighted by atomic mass is 10.1. The van der Waals surface area contributed by atoms with Crippen LogP contribution in [0.4, 0.5) is 11.6 Å². The van der Waals surface area contributed by atoms with E-state index in [1.807, 2.05) is 26.8 Å². The zero-order valence-corrected chi connectivity index (χ0v) is 20.4. The van der Waals surface area contributed by atoms with Crippen LogP contribution < -0.4 is 14.8 Å². The third kappa shape index (κ3) is 6.07. The van der Waals surface area contributed by atoms with Gasteiger partial charge in [0, 0.05) is 17.1 Å². The van der Waals surface area contributed by atoms with E-state index in [4.69, 9.17) is 4.74 Å². The lowest BCUT2D eigenvalue weighted by Crippen LogP contribution is -2.30. The van der Waals surface area contributed by atoms with Crippen LogP contribution in [0, 0.1) is 34.6 Å². The van der Waals surface area contributed by atoms with Gasteiger partial charge in [0.25, 0.3) is 15.9 Å². The summed E-state index contributed by atoms with van der Waals surface area (Å²) in [5.74, 6) is 0.333. The van der Waals surface area contributed by atoms with Gasteiger partial charge in [-0.3, -0.25) is 4.79 Å². The summed E-state index contributed by atoms with van der Waals surface area (Å²) in [6.45, 7) is 11.1. The molecule has 2 N–H and O–H groups in total. The Morgan fingerprint density at radius 2 is 1.55 bits per heavy atom. The van der Waals surface area contributed by atoms with Gasteiger partial charge in [0.1, 0.15) is 5.75 Å². The Kier molecular flexibility index (Phi) is 7.02. The fourth-order valence-electron chi connectivity index (χ4n) is 3.28. The fourth-order valence-corrected chi connectivity index (χ4v) is 4.22. The molecule has 1 atom stereocenters. The van der Waals surface area contributed by atoms with E-state index in [0.29, 0.717) is 22.8 Å². The van der Waals surface area contributed by atoms with Crippen LogP contribution in [-0.4, -0.2) is 30.4 Å². The van der Waals surface area contributed by atoms with Crippen molar-refractivity contribution in [2.45, 2.75) is 52.5 Å². The molecular weight excluding hydrogens is 440 g/mol. The number of nitrogens with one attached hydrogen (secondary N) is 2. The van der Waals surface area contributed by atoms with E-state index >= 15 is 0 Å².